The molecule has 0 saturated carbocycles. The lowest BCUT2D eigenvalue weighted by molar-refractivity contribution is -0.130. The SMILES string of the molecule is CC(C)CCC(=O)NC(=O)CCC(C)C. The summed E-state index contributed by atoms with van der Waals surface area (Å²) < 4.78 is 0. The van der Waals surface area contributed by atoms with Crippen molar-refractivity contribution >= 4 is 11.8 Å². The predicted molar refractivity (Wildman–Crippen MR) is 61.3 cm³/mol. The molecule has 0 aliphatic carbocycles. The molecule has 0 radical (unpaired) electrons. The van der Waals surface area contributed by atoms with Crippen molar-refractivity contribution in [1.29, 1.82) is 0 Å². The van der Waals surface area contributed by atoms with Crippen molar-refractivity contribution in [3.63, 3.8) is 0 Å². The topological polar surface area (TPSA) is 46.2 Å². The number of carbonyl (C=O) groups excluding carboxylic acids is 2. The molecule has 0 atom stereocenters. The van der Waals surface area contributed by atoms with Crippen LogP contribution in [-0.2, 0) is 9.59 Å². The first kappa shape index (κ1) is 14.1. The first-order valence-electron chi connectivity index (χ1n) is 5.74. The van der Waals surface area contributed by atoms with Crippen molar-refractivity contribution in [3.8, 4) is 0 Å². The molecule has 0 bridgehead atoms. The van der Waals surface area contributed by atoms with Crippen LogP contribution in [0.25, 0.3) is 0 Å². The van der Waals surface area contributed by atoms with E-state index in [1.807, 2.05) is 0 Å². The van der Waals surface area contributed by atoms with Gasteiger partial charge in [-0.05, 0) is 24.7 Å². The second-order valence-corrected chi connectivity index (χ2v) is 4.84. The van der Waals surface area contributed by atoms with E-state index in [2.05, 4.69) is 33.0 Å². The van der Waals surface area contributed by atoms with Gasteiger partial charge in [0.25, 0.3) is 0 Å². The van der Waals surface area contributed by atoms with Crippen LogP contribution < -0.4 is 5.32 Å². The molecule has 0 spiro atoms. The average molecular weight is 213 g/mol. The van der Waals surface area contributed by atoms with E-state index in [4.69, 9.17) is 0 Å². The molecule has 0 aromatic rings. The molecule has 0 aromatic heterocycles. The number of imide groups is 1. The molecule has 0 fully saturated rings. The number of hydrogen-bond acceptors (Lipinski definition) is 2. The van der Waals surface area contributed by atoms with Gasteiger partial charge in [-0.1, -0.05) is 27.7 Å². The summed E-state index contributed by atoms with van der Waals surface area (Å²) in [4.78, 5) is 22.5. The number of hydrogen-bond donors (Lipinski definition) is 1. The van der Waals surface area contributed by atoms with Crippen molar-refractivity contribution in [3.05, 3.63) is 0 Å². The lowest BCUT2D eigenvalue weighted by Crippen LogP contribution is -2.30. The van der Waals surface area contributed by atoms with Crippen molar-refractivity contribution < 1.29 is 9.59 Å². The van der Waals surface area contributed by atoms with E-state index in [0.717, 1.165) is 12.8 Å². The van der Waals surface area contributed by atoms with E-state index in [9.17, 15) is 9.59 Å². The Morgan fingerprint density at radius 3 is 1.47 bits per heavy atom. The maximum absolute atomic E-state index is 11.3. The minimum Gasteiger partial charge on any atom is -0.296 e. The Bertz CT molecular complexity index is 188. The lowest BCUT2D eigenvalue weighted by atomic mass is 10.1. The summed E-state index contributed by atoms with van der Waals surface area (Å²) >= 11 is 0. The first-order chi connectivity index (χ1) is 6.91. The molecule has 0 unspecified atom stereocenters. The molecular formula is C12H23NO2. The van der Waals surface area contributed by atoms with Crippen LogP contribution in [0.5, 0.6) is 0 Å². The van der Waals surface area contributed by atoms with Gasteiger partial charge in [0.05, 0.1) is 0 Å². The largest absolute Gasteiger partial charge is 0.296 e. The molecule has 15 heavy (non-hydrogen) atoms. The molecule has 0 aliphatic heterocycles. The van der Waals surface area contributed by atoms with Crippen LogP contribution >= 0.6 is 0 Å². The summed E-state index contributed by atoms with van der Waals surface area (Å²) in [5.41, 5.74) is 0. The number of carbonyl (C=O) groups is 2. The molecule has 0 aromatic carbocycles. The van der Waals surface area contributed by atoms with Crippen molar-refractivity contribution in [1.82, 2.24) is 5.32 Å². The highest BCUT2D eigenvalue weighted by atomic mass is 16.2. The second kappa shape index (κ2) is 7.43. The second-order valence-electron chi connectivity index (χ2n) is 4.84. The number of rotatable bonds is 6. The van der Waals surface area contributed by atoms with Crippen LogP contribution in [0, 0.1) is 11.8 Å². The summed E-state index contributed by atoms with van der Waals surface area (Å²) in [5, 5.41) is 2.41. The highest BCUT2D eigenvalue weighted by Gasteiger charge is 2.08. The molecular weight excluding hydrogens is 190 g/mol. The fourth-order valence-corrected chi connectivity index (χ4v) is 1.12. The van der Waals surface area contributed by atoms with E-state index in [0.29, 0.717) is 24.7 Å². The summed E-state index contributed by atoms with van der Waals surface area (Å²) in [6.07, 6.45) is 2.57. The smallest absolute Gasteiger partial charge is 0.226 e. The Labute approximate surface area is 92.6 Å². The zero-order chi connectivity index (χ0) is 11.8. The first-order valence-corrected chi connectivity index (χ1v) is 5.74. The highest BCUT2D eigenvalue weighted by molar-refractivity contribution is 5.95. The quantitative estimate of drug-likeness (QED) is 0.737. The van der Waals surface area contributed by atoms with Crippen LogP contribution in [0.4, 0.5) is 0 Å². The summed E-state index contributed by atoms with van der Waals surface area (Å²) in [6, 6.07) is 0. The van der Waals surface area contributed by atoms with E-state index in [1.165, 1.54) is 0 Å². The molecule has 88 valence electrons. The van der Waals surface area contributed by atoms with Gasteiger partial charge in [-0.3, -0.25) is 14.9 Å². The third-order valence-electron chi connectivity index (χ3n) is 2.18. The molecule has 0 aliphatic rings. The van der Waals surface area contributed by atoms with Gasteiger partial charge in [-0.25, -0.2) is 0 Å². The summed E-state index contributed by atoms with van der Waals surface area (Å²) in [7, 11) is 0. The number of nitrogens with one attached hydrogen (secondary N) is 1. The maximum atomic E-state index is 11.3. The van der Waals surface area contributed by atoms with Gasteiger partial charge in [0, 0.05) is 12.8 Å². The van der Waals surface area contributed by atoms with Crippen LogP contribution in [0.3, 0.4) is 0 Å². The number of amides is 2. The van der Waals surface area contributed by atoms with E-state index >= 15 is 0 Å². The van der Waals surface area contributed by atoms with E-state index < -0.39 is 0 Å². The molecule has 3 nitrogen and oxygen atoms in total. The Morgan fingerprint density at radius 2 is 1.20 bits per heavy atom. The van der Waals surface area contributed by atoms with Gasteiger partial charge < -0.3 is 0 Å². The zero-order valence-electron chi connectivity index (χ0n) is 10.3. The van der Waals surface area contributed by atoms with E-state index in [-0.39, 0.29) is 11.8 Å². The van der Waals surface area contributed by atoms with Crippen LogP contribution in [0.1, 0.15) is 53.4 Å². The van der Waals surface area contributed by atoms with Crippen LogP contribution in [0.2, 0.25) is 0 Å². The molecule has 0 heterocycles. The third kappa shape index (κ3) is 9.44. The minimum atomic E-state index is -0.141. The third-order valence-corrected chi connectivity index (χ3v) is 2.18. The Hall–Kier alpha value is -0.860. The normalized spacial score (nSPS) is 10.8. The van der Waals surface area contributed by atoms with E-state index in [1.54, 1.807) is 0 Å². The minimum absolute atomic E-state index is 0.141. The standard InChI is InChI=1S/C12H23NO2/c1-9(2)5-7-11(14)13-12(15)8-6-10(3)4/h9-10H,5-8H2,1-4H3,(H,13,14,15). The fourth-order valence-electron chi connectivity index (χ4n) is 1.12. The van der Waals surface area contributed by atoms with Gasteiger partial charge in [-0.15, -0.1) is 0 Å². The molecule has 0 saturated heterocycles. The molecule has 3 heteroatoms. The van der Waals surface area contributed by atoms with Crippen molar-refractivity contribution in [2.75, 3.05) is 0 Å². The van der Waals surface area contributed by atoms with Gasteiger partial charge in [0.2, 0.25) is 11.8 Å². The average Bonchev–Trinajstić information content (AvgIpc) is 2.11. The molecule has 0 rings (SSSR count). The van der Waals surface area contributed by atoms with Crippen LogP contribution in [0.15, 0.2) is 0 Å². The van der Waals surface area contributed by atoms with Gasteiger partial charge in [0.15, 0.2) is 0 Å². The Kier molecular flexibility index (Phi) is 7.01. The zero-order valence-corrected chi connectivity index (χ0v) is 10.3. The monoisotopic (exact) mass is 213 g/mol. The molecule has 2 amide bonds. The van der Waals surface area contributed by atoms with Crippen LogP contribution in [-0.4, -0.2) is 11.8 Å². The fraction of sp³-hybridized carbons (Fsp3) is 0.833. The van der Waals surface area contributed by atoms with Crippen molar-refractivity contribution in [2.45, 2.75) is 53.4 Å². The van der Waals surface area contributed by atoms with Crippen molar-refractivity contribution in [2.24, 2.45) is 11.8 Å². The lowest BCUT2D eigenvalue weighted by Gasteiger charge is -2.06. The van der Waals surface area contributed by atoms with Gasteiger partial charge >= 0.3 is 0 Å². The maximum Gasteiger partial charge on any atom is 0.226 e. The predicted octanol–water partition coefficient (Wildman–Crippen LogP) is 2.50. The Balaban J connectivity index is 3.63. The van der Waals surface area contributed by atoms with Gasteiger partial charge in [0.1, 0.15) is 0 Å². The highest BCUT2D eigenvalue weighted by Crippen LogP contribution is 2.04. The Morgan fingerprint density at radius 1 is 0.867 bits per heavy atom. The summed E-state index contributed by atoms with van der Waals surface area (Å²) in [6.45, 7) is 8.25. The summed E-state index contributed by atoms with van der Waals surface area (Å²) in [5.74, 6) is 0.720. The molecule has 1 N–H and O–H groups in total. The van der Waals surface area contributed by atoms with Gasteiger partial charge in [-0.2, -0.15) is 0 Å².